The van der Waals surface area contributed by atoms with E-state index in [-0.39, 0.29) is 5.91 Å². The Labute approximate surface area is 152 Å². The number of aryl methyl sites for hydroxylation is 1. The molecule has 25 heavy (non-hydrogen) atoms. The van der Waals surface area contributed by atoms with Crippen LogP contribution in [0.5, 0.6) is 11.5 Å². The zero-order chi connectivity index (χ0) is 17.2. The van der Waals surface area contributed by atoms with Crippen LogP contribution in [0.4, 0.5) is 5.13 Å². The van der Waals surface area contributed by atoms with Crippen molar-refractivity contribution in [1.82, 2.24) is 4.98 Å². The summed E-state index contributed by atoms with van der Waals surface area (Å²) >= 11 is 2.87. The lowest BCUT2D eigenvalue weighted by molar-refractivity contribution is 0.103. The highest BCUT2D eigenvalue weighted by atomic mass is 32.1. The number of thiazole rings is 1. The predicted octanol–water partition coefficient (Wildman–Crippen LogP) is 5.71. The minimum atomic E-state index is -0.118. The van der Waals surface area contributed by atoms with E-state index in [1.54, 1.807) is 0 Å². The SMILES string of the molecule is Cc1ccsc1C(=O)Nc1nc2ccc(Oc3ccccc3)cc2s1. The molecular formula is C19H14N2O2S2. The number of thiophene rings is 1. The average molecular weight is 366 g/mol. The summed E-state index contributed by atoms with van der Waals surface area (Å²) in [6.45, 7) is 1.93. The lowest BCUT2D eigenvalue weighted by Crippen LogP contribution is -2.10. The standard InChI is InChI=1S/C19H14N2O2S2/c1-12-9-10-24-17(12)18(22)21-19-20-15-8-7-14(11-16(15)25-19)23-13-5-3-2-4-6-13/h2-11H,1H3,(H,20,21,22). The first-order valence-corrected chi connectivity index (χ1v) is 9.37. The maximum Gasteiger partial charge on any atom is 0.267 e. The van der Waals surface area contributed by atoms with Gasteiger partial charge in [0, 0.05) is 6.07 Å². The summed E-state index contributed by atoms with van der Waals surface area (Å²) in [4.78, 5) is 17.5. The molecule has 6 heteroatoms. The van der Waals surface area contributed by atoms with Crippen LogP contribution in [0.3, 0.4) is 0 Å². The zero-order valence-corrected chi connectivity index (χ0v) is 15.0. The molecule has 1 amide bonds. The van der Waals surface area contributed by atoms with Crippen LogP contribution in [0.25, 0.3) is 10.2 Å². The van der Waals surface area contributed by atoms with Gasteiger partial charge in [0.15, 0.2) is 5.13 Å². The van der Waals surface area contributed by atoms with Gasteiger partial charge in [-0.2, -0.15) is 0 Å². The molecule has 2 aromatic heterocycles. The molecule has 0 radical (unpaired) electrons. The number of benzene rings is 2. The van der Waals surface area contributed by atoms with Crippen molar-refractivity contribution in [3.63, 3.8) is 0 Å². The number of ether oxygens (including phenoxy) is 1. The van der Waals surface area contributed by atoms with Crippen molar-refractivity contribution >= 4 is 43.9 Å². The average Bonchev–Trinajstić information content (AvgIpc) is 3.21. The third-order valence-corrected chi connectivity index (χ3v) is 5.58. The lowest BCUT2D eigenvalue weighted by atomic mass is 10.3. The highest BCUT2D eigenvalue weighted by molar-refractivity contribution is 7.22. The number of fused-ring (bicyclic) bond motifs is 1. The Morgan fingerprint density at radius 2 is 1.92 bits per heavy atom. The molecule has 0 aliphatic heterocycles. The van der Waals surface area contributed by atoms with Crippen LogP contribution < -0.4 is 10.1 Å². The van der Waals surface area contributed by atoms with Crippen LogP contribution in [0, 0.1) is 6.92 Å². The quantitative estimate of drug-likeness (QED) is 0.503. The fraction of sp³-hybridized carbons (Fsp3) is 0.0526. The fourth-order valence-corrected chi connectivity index (χ4v) is 4.12. The number of carbonyl (C=O) groups excluding carboxylic acids is 1. The molecule has 4 nitrogen and oxygen atoms in total. The smallest absolute Gasteiger partial charge is 0.267 e. The maximum absolute atomic E-state index is 12.3. The molecular weight excluding hydrogens is 352 g/mol. The number of amides is 1. The van der Waals surface area contributed by atoms with Crippen LogP contribution in [0.1, 0.15) is 15.2 Å². The number of aromatic nitrogens is 1. The number of carbonyl (C=O) groups is 1. The molecule has 0 spiro atoms. The summed E-state index contributed by atoms with van der Waals surface area (Å²) in [5.41, 5.74) is 1.81. The van der Waals surface area contributed by atoms with Gasteiger partial charge in [0.2, 0.25) is 0 Å². The Kier molecular flexibility index (Phi) is 4.21. The van der Waals surface area contributed by atoms with E-state index in [2.05, 4.69) is 10.3 Å². The Morgan fingerprint density at radius 1 is 1.08 bits per heavy atom. The number of anilines is 1. The van der Waals surface area contributed by atoms with E-state index in [0.29, 0.717) is 10.0 Å². The highest BCUT2D eigenvalue weighted by Crippen LogP contribution is 2.31. The van der Waals surface area contributed by atoms with Gasteiger partial charge in [-0.1, -0.05) is 29.5 Å². The van der Waals surface area contributed by atoms with Crippen molar-refractivity contribution < 1.29 is 9.53 Å². The summed E-state index contributed by atoms with van der Waals surface area (Å²) in [6.07, 6.45) is 0. The summed E-state index contributed by atoms with van der Waals surface area (Å²) in [7, 11) is 0. The molecule has 0 unspecified atom stereocenters. The molecule has 0 aliphatic rings. The maximum atomic E-state index is 12.3. The number of hydrogen-bond donors (Lipinski definition) is 1. The van der Waals surface area contributed by atoms with Gasteiger partial charge in [-0.05, 0) is 48.2 Å². The zero-order valence-electron chi connectivity index (χ0n) is 13.4. The molecule has 4 aromatic rings. The first-order chi connectivity index (χ1) is 12.2. The molecule has 0 saturated heterocycles. The van der Waals surface area contributed by atoms with E-state index >= 15 is 0 Å². The molecule has 1 N–H and O–H groups in total. The van der Waals surface area contributed by atoms with Crippen LogP contribution in [-0.4, -0.2) is 10.9 Å². The van der Waals surface area contributed by atoms with Crippen molar-refractivity contribution in [2.24, 2.45) is 0 Å². The van der Waals surface area contributed by atoms with Gasteiger partial charge < -0.3 is 4.74 Å². The molecule has 4 rings (SSSR count). The molecule has 0 aliphatic carbocycles. The van der Waals surface area contributed by atoms with Gasteiger partial charge in [-0.25, -0.2) is 4.98 Å². The van der Waals surface area contributed by atoms with E-state index in [1.165, 1.54) is 22.7 Å². The van der Waals surface area contributed by atoms with Gasteiger partial charge in [0.1, 0.15) is 11.5 Å². The van der Waals surface area contributed by atoms with Crippen LogP contribution in [0.2, 0.25) is 0 Å². The van der Waals surface area contributed by atoms with Gasteiger partial charge in [0.05, 0.1) is 15.1 Å². The van der Waals surface area contributed by atoms with Crippen molar-refractivity contribution in [3.8, 4) is 11.5 Å². The Hall–Kier alpha value is -2.70. The predicted molar refractivity (Wildman–Crippen MR) is 103 cm³/mol. The summed E-state index contributed by atoms with van der Waals surface area (Å²) < 4.78 is 6.81. The minimum Gasteiger partial charge on any atom is -0.457 e. The molecule has 2 aromatic carbocycles. The van der Waals surface area contributed by atoms with Gasteiger partial charge in [-0.3, -0.25) is 10.1 Å². The molecule has 2 heterocycles. The molecule has 0 saturated carbocycles. The Balaban J connectivity index is 1.56. The third-order valence-electron chi connectivity index (χ3n) is 3.63. The number of hydrogen-bond acceptors (Lipinski definition) is 5. The summed E-state index contributed by atoms with van der Waals surface area (Å²) in [6, 6.07) is 17.3. The third kappa shape index (κ3) is 3.40. The van der Waals surface area contributed by atoms with E-state index in [9.17, 15) is 4.79 Å². The van der Waals surface area contributed by atoms with Crippen LogP contribution >= 0.6 is 22.7 Å². The van der Waals surface area contributed by atoms with Gasteiger partial charge >= 0.3 is 0 Å². The van der Waals surface area contributed by atoms with E-state index < -0.39 is 0 Å². The van der Waals surface area contributed by atoms with Gasteiger partial charge in [0.25, 0.3) is 5.91 Å². The first-order valence-electron chi connectivity index (χ1n) is 7.68. The van der Waals surface area contributed by atoms with Crippen LogP contribution in [-0.2, 0) is 0 Å². The monoisotopic (exact) mass is 366 g/mol. The van der Waals surface area contributed by atoms with E-state index in [1.807, 2.05) is 66.9 Å². The Bertz CT molecular complexity index is 1040. The summed E-state index contributed by atoms with van der Waals surface area (Å²) in [5.74, 6) is 1.41. The van der Waals surface area contributed by atoms with Gasteiger partial charge in [-0.15, -0.1) is 11.3 Å². The first kappa shape index (κ1) is 15.8. The molecule has 0 atom stereocenters. The topological polar surface area (TPSA) is 51.2 Å². The van der Waals surface area contributed by atoms with Crippen molar-refractivity contribution in [3.05, 3.63) is 70.4 Å². The molecule has 124 valence electrons. The number of nitrogens with zero attached hydrogens (tertiary/aromatic N) is 1. The van der Waals surface area contributed by atoms with Crippen molar-refractivity contribution in [1.29, 1.82) is 0 Å². The number of para-hydroxylation sites is 1. The minimum absolute atomic E-state index is 0.118. The summed E-state index contributed by atoms with van der Waals surface area (Å²) in [5, 5.41) is 5.38. The second-order valence-corrected chi connectivity index (χ2v) is 7.40. The Morgan fingerprint density at radius 3 is 2.68 bits per heavy atom. The van der Waals surface area contributed by atoms with Crippen molar-refractivity contribution in [2.45, 2.75) is 6.92 Å². The highest BCUT2D eigenvalue weighted by Gasteiger charge is 2.13. The largest absolute Gasteiger partial charge is 0.457 e. The lowest BCUT2D eigenvalue weighted by Gasteiger charge is -2.04. The van der Waals surface area contributed by atoms with Crippen LogP contribution in [0.15, 0.2) is 60.0 Å². The fourth-order valence-electron chi connectivity index (χ4n) is 2.41. The molecule has 0 bridgehead atoms. The van der Waals surface area contributed by atoms with E-state index in [4.69, 9.17) is 4.74 Å². The second kappa shape index (κ2) is 6.66. The second-order valence-electron chi connectivity index (χ2n) is 5.45. The molecule has 0 fully saturated rings. The normalized spacial score (nSPS) is 10.8. The number of rotatable bonds is 4. The van der Waals surface area contributed by atoms with Crippen molar-refractivity contribution in [2.75, 3.05) is 5.32 Å². The number of nitrogens with one attached hydrogen (secondary N) is 1. The van der Waals surface area contributed by atoms with E-state index in [0.717, 1.165) is 27.3 Å².